The molecule has 0 aromatic carbocycles. The summed E-state index contributed by atoms with van der Waals surface area (Å²) in [5.41, 5.74) is 0.135. The third-order valence-electron chi connectivity index (χ3n) is 1.39. The number of nitriles is 1. The van der Waals surface area contributed by atoms with Crippen LogP contribution in [0.4, 0.5) is 5.00 Å². The summed E-state index contributed by atoms with van der Waals surface area (Å²) in [6.07, 6.45) is 0.906. The van der Waals surface area contributed by atoms with E-state index in [9.17, 15) is 8.42 Å². The zero-order valence-electron chi connectivity index (χ0n) is 8.38. The van der Waals surface area contributed by atoms with Gasteiger partial charge in [-0.1, -0.05) is 0 Å². The highest BCUT2D eigenvalue weighted by Crippen LogP contribution is 2.31. The molecule has 0 aliphatic heterocycles. The van der Waals surface area contributed by atoms with Crippen molar-refractivity contribution < 1.29 is 12.6 Å². The Morgan fingerprint density at radius 2 is 2.13 bits per heavy atom. The highest BCUT2D eigenvalue weighted by Gasteiger charge is 2.19. The first-order valence-corrected chi connectivity index (χ1v) is 6.40. The van der Waals surface area contributed by atoms with E-state index < -0.39 is 10.1 Å². The molecule has 0 N–H and O–H groups in total. The first-order valence-electron chi connectivity index (χ1n) is 3.81. The molecule has 0 amide bonds. The summed E-state index contributed by atoms with van der Waals surface area (Å²) in [5.74, 6) is -0.159. The Morgan fingerprint density at radius 3 is 2.53 bits per heavy atom. The molecule has 15 heavy (non-hydrogen) atoms. The average Bonchev–Trinajstić information content (AvgIpc) is 2.44. The Bertz CT molecular complexity index is 498. The second-order valence-corrected chi connectivity index (χ2v) is 5.29. The predicted molar refractivity (Wildman–Crippen MR) is 56.6 cm³/mol. The maximum atomic E-state index is 10.9. The Kier molecular flexibility index (Phi) is 3.16. The van der Waals surface area contributed by atoms with E-state index in [1.807, 2.05) is 6.07 Å². The van der Waals surface area contributed by atoms with Gasteiger partial charge in [0.25, 0.3) is 5.88 Å². The van der Waals surface area contributed by atoms with Crippen LogP contribution in [0.15, 0.2) is 0 Å². The highest BCUT2D eigenvalue weighted by molar-refractivity contribution is 7.86. The van der Waals surface area contributed by atoms with Crippen molar-refractivity contribution in [3.63, 3.8) is 0 Å². The summed E-state index contributed by atoms with van der Waals surface area (Å²) < 4.78 is 30.1. The molecule has 0 fully saturated rings. The van der Waals surface area contributed by atoms with Gasteiger partial charge in [0.05, 0.1) is 6.26 Å². The quantitative estimate of drug-likeness (QED) is 0.720. The molecule has 82 valence electrons. The van der Waals surface area contributed by atoms with Crippen molar-refractivity contribution in [3.8, 4) is 11.9 Å². The van der Waals surface area contributed by atoms with Crippen LogP contribution in [0, 0.1) is 11.3 Å². The number of nitrogens with zero attached hydrogens (tertiary/aromatic N) is 3. The predicted octanol–water partition coefficient (Wildman–Crippen LogP) is 0.419. The number of hydrogen-bond acceptors (Lipinski definition) is 7. The minimum atomic E-state index is -3.65. The minimum absolute atomic E-state index is 0.135. The number of anilines is 1. The summed E-state index contributed by atoms with van der Waals surface area (Å²) in [6, 6.07) is 1.86. The molecule has 1 aromatic rings. The zero-order valence-corrected chi connectivity index (χ0v) is 10.0. The van der Waals surface area contributed by atoms with Gasteiger partial charge in [-0.25, -0.2) is 0 Å². The van der Waals surface area contributed by atoms with Crippen LogP contribution in [0.3, 0.4) is 0 Å². The molecule has 0 unspecified atom stereocenters. The van der Waals surface area contributed by atoms with Crippen LogP contribution in [-0.2, 0) is 10.1 Å². The van der Waals surface area contributed by atoms with Gasteiger partial charge in [0, 0.05) is 14.1 Å². The van der Waals surface area contributed by atoms with E-state index in [2.05, 4.69) is 8.56 Å². The van der Waals surface area contributed by atoms with Gasteiger partial charge >= 0.3 is 10.1 Å². The van der Waals surface area contributed by atoms with Crippen LogP contribution in [-0.4, -0.2) is 33.1 Å². The first-order chi connectivity index (χ1) is 6.85. The molecule has 0 radical (unpaired) electrons. The highest BCUT2D eigenvalue weighted by atomic mass is 32.2. The van der Waals surface area contributed by atoms with Crippen molar-refractivity contribution in [2.45, 2.75) is 0 Å². The van der Waals surface area contributed by atoms with Gasteiger partial charge in [-0.3, -0.25) is 0 Å². The lowest BCUT2D eigenvalue weighted by molar-refractivity contribution is 0.485. The van der Waals surface area contributed by atoms with Gasteiger partial charge in [-0.15, -0.1) is 0 Å². The number of rotatable bonds is 3. The van der Waals surface area contributed by atoms with Crippen molar-refractivity contribution in [1.29, 1.82) is 5.26 Å². The zero-order chi connectivity index (χ0) is 11.6. The van der Waals surface area contributed by atoms with Crippen molar-refractivity contribution in [3.05, 3.63) is 5.56 Å². The molecule has 0 aliphatic rings. The van der Waals surface area contributed by atoms with Crippen molar-refractivity contribution >= 4 is 26.7 Å². The van der Waals surface area contributed by atoms with E-state index in [-0.39, 0.29) is 11.4 Å². The fraction of sp³-hybridized carbons (Fsp3) is 0.429. The molecule has 1 heterocycles. The lowest BCUT2D eigenvalue weighted by Gasteiger charge is -2.07. The van der Waals surface area contributed by atoms with Crippen LogP contribution in [0.1, 0.15) is 5.56 Å². The summed E-state index contributed by atoms with van der Waals surface area (Å²) in [4.78, 5) is 1.67. The van der Waals surface area contributed by atoms with Gasteiger partial charge in [-0.2, -0.15) is 18.1 Å². The van der Waals surface area contributed by atoms with Gasteiger partial charge in [-0.05, 0) is 11.5 Å². The first kappa shape index (κ1) is 11.7. The standard InChI is InChI=1S/C7H9N3O3S2/c1-10(2)7-5(4-8)6(9-14-7)13-15(3,11)12/h1-3H3. The van der Waals surface area contributed by atoms with Crippen LogP contribution < -0.4 is 9.08 Å². The van der Waals surface area contributed by atoms with Crippen LogP contribution in [0.5, 0.6) is 5.88 Å². The van der Waals surface area contributed by atoms with Crippen molar-refractivity contribution in [2.24, 2.45) is 0 Å². The Labute approximate surface area is 92.0 Å². The van der Waals surface area contributed by atoms with Crippen LogP contribution in [0.2, 0.25) is 0 Å². The third-order valence-corrected chi connectivity index (χ3v) is 2.85. The van der Waals surface area contributed by atoms with E-state index >= 15 is 0 Å². The Morgan fingerprint density at radius 1 is 1.53 bits per heavy atom. The molecule has 1 aromatic heterocycles. The van der Waals surface area contributed by atoms with Crippen LogP contribution >= 0.6 is 11.5 Å². The van der Waals surface area contributed by atoms with Crippen LogP contribution in [0.25, 0.3) is 0 Å². The molecule has 0 atom stereocenters. The third kappa shape index (κ3) is 2.81. The van der Waals surface area contributed by atoms with Crippen molar-refractivity contribution in [1.82, 2.24) is 4.37 Å². The second kappa shape index (κ2) is 4.04. The molecule has 0 saturated heterocycles. The minimum Gasteiger partial charge on any atom is -0.367 e. The summed E-state index contributed by atoms with van der Waals surface area (Å²) in [7, 11) is -0.178. The van der Waals surface area contributed by atoms with E-state index in [4.69, 9.17) is 5.26 Å². The molecule has 8 heteroatoms. The number of hydrogen-bond donors (Lipinski definition) is 0. The Balaban J connectivity index is 3.18. The topological polar surface area (TPSA) is 83.3 Å². The molecule has 1 rings (SSSR count). The molecular weight excluding hydrogens is 238 g/mol. The smallest absolute Gasteiger partial charge is 0.307 e. The number of aromatic nitrogens is 1. The molecule has 0 aliphatic carbocycles. The average molecular weight is 247 g/mol. The normalized spacial score (nSPS) is 10.8. The Hall–Kier alpha value is -1.33. The maximum Gasteiger partial charge on any atom is 0.307 e. The summed E-state index contributed by atoms with van der Waals surface area (Å²) >= 11 is 1.01. The molecule has 0 spiro atoms. The summed E-state index contributed by atoms with van der Waals surface area (Å²) in [6.45, 7) is 0. The lowest BCUT2D eigenvalue weighted by atomic mass is 10.3. The van der Waals surface area contributed by atoms with E-state index in [1.165, 1.54) is 0 Å². The lowest BCUT2D eigenvalue weighted by Crippen LogP contribution is -2.09. The van der Waals surface area contributed by atoms with E-state index in [0.29, 0.717) is 5.00 Å². The molecule has 6 nitrogen and oxygen atoms in total. The largest absolute Gasteiger partial charge is 0.367 e. The van der Waals surface area contributed by atoms with E-state index in [1.54, 1.807) is 19.0 Å². The second-order valence-electron chi connectivity index (χ2n) is 2.96. The SMILES string of the molecule is CN(C)c1snc(OS(C)(=O)=O)c1C#N. The van der Waals surface area contributed by atoms with Gasteiger partial charge in [0.2, 0.25) is 0 Å². The molecular formula is C7H9N3O3S2. The van der Waals surface area contributed by atoms with Gasteiger partial charge in [0.1, 0.15) is 11.1 Å². The fourth-order valence-electron chi connectivity index (χ4n) is 0.869. The maximum absolute atomic E-state index is 10.9. The molecule has 0 bridgehead atoms. The molecule has 0 saturated carbocycles. The van der Waals surface area contributed by atoms with Gasteiger partial charge < -0.3 is 9.08 Å². The van der Waals surface area contributed by atoms with Gasteiger partial charge in [0.15, 0.2) is 5.56 Å². The summed E-state index contributed by atoms with van der Waals surface area (Å²) in [5, 5.41) is 9.41. The monoisotopic (exact) mass is 247 g/mol. The fourth-order valence-corrected chi connectivity index (χ4v) is 2.01. The van der Waals surface area contributed by atoms with Crippen molar-refractivity contribution in [2.75, 3.05) is 25.3 Å². The van der Waals surface area contributed by atoms with E-state index in [0.717, 1.165) is 17.8 Å².